The second-order valence-electron chi connectivity index (χ2n) is 3.69. The highest BCUT2D eigenvalue weighted by molar-refractivity contribution is 6.02. The first-order valence-corrected chi connectivity index (χ1v) is 5.20. The van der Waals surface area contributed by atoms with Gasteiger partial charge in [0.2, 0.25) is 0 Å². The minimum Gasteiger partial charge on any atom is -0.392 e. The Hall–Kier alpha value is -2.14. The zero-order chi connectivity index (χ0) is 12.3. The number of benzene rings is 1. The van der Waals surface area contributed by atoms with Gasteiger partial charge in [0, 0.05) is 18.9 Å². The van der Waals surface area contributed by atoms with E-state index < -0.39 is 0 Å². The van der Waals surface area contributed by atoms with Gasteiger partial charge in [0.1, 0.15) is 0 Å². The Morgan fingerprint density at radius 1 is 1.47 bits per heavy atom. The maximum atomic E-state index is 11.8. The maximum Gasteiger partial charge on any atom is 0.276 e. The van der Waals surface area contributed by atoms with Gasteiger partial charge in [-0.05, 0) is 23.8 Å². The zero-order valence-corrected chi connectivity index (χ0v) is 9.42. The Bertz CT molecular complexity index is 534. The molecule has 2 N–H and O–H groups in total. The van der Waals surface area contributed by atoms with Crippen molar-refractivity contribution in [1.29, 1.82) is 0 Å². The summed E-state index contributed by atoms with van der Waals surface area (Å²) >= 11 is 0. The summed E-state index contributed by atoms with van der Waals surface area (Å²) in [5.41, 5.74) is 1.76. The lowest BCUT2D eigenvalue weighted by atomic mass is 10.2. The van der Waals surface area contributed by atoms with Crippen molar-refractivity contribution >= 4 is 11.6 Å². The molecule has 0 unspecified atom stereocenters. The van der Waals surface area contributed by atoms with Crippen LogP contribution in [0.4, 0.5) is 5.69 Å². The Labute approximate surface area is 98.7 Å². The van der Waals surface area contributed by atoms with Gasteiger partial charge in [0.05, 0.1) is 6.61 Å². The van der Waals surface area contributed by atoms with Crippen LogP contribution in [0.5, 0.6) is 0 Å². The first-order chi connectivity index (χ1) is 8.19. The predicted molar refractivity (Wildman–Crippen MR) is 63.5 cm³/mol. The van der Waals surface area contributed by atoms with Crippen LogP contribution in [-0.4, -0.2) is 20.8 Å². The number of anilines is 1. The Balaban J connectivity index is 2.12. The third-order valence-electron chi connectivity index (χ3n) is 2.31. The maximum absolute atomic E-state index is 11.8. The molecule has 0 saturated carbocycles. The van der Waals surface area contributed by atoms with E-state index in [1.54, 1.807) is 48.3 Å². The largest absolute Gasteiger partial charge is 0.392 e. The SMILES string of the molecule is Cn1ccc(C(=O)Nc2cccc(CO)c2)n1. The molecule has 2 rings (SSSR count). The Morgan fingerprint density at radius 2 is 2.29 bits per heavy atom. The van der Waals surface area contributed by atoms with Crippen LogP contribution >= 0.6 is 0 Å². The fraction of sp³-hybridized carbons (Fsp3) is 0.167. The summed E-state index contributed by atoms with van der Waals surface area (Å²) in [7, 11) is 1.75. The van der Waals surface area contributed by atoms with Crippen LogP contribution in [-0.2, 0) is 13.7 Å². The normalized spacial score (nSPS) is 10.2. The zero-order valence-electron chi connectivity index (χ0n) is 9.42. The summed E-state index contributed by atoms with van der Waals surface area (Å²) in [6.07, 6.45) is 1.71. The molecule has 0 aliphatic carbocycles. The fourth-order valence-electron chi connectivity index (χ4n) is 1.48. The third-order valence-corrected chi connectivity index (χ3v) is 2.31. The lowest BCUT2D eigenvalue weighted by molar-refractivity contribution is 0.102. The van der Waals surface area contributed by atoms with E-state index in [0.717, 1.165) is 5.56 Å². The number of aliphatic hydroxyl groups excluding tert-OH is 1. The van der Waals surface area contributed by atoms with E-state index in [1.807, 2.05) is 0 Å². The number of nitrogens with zero attached hydrogens (tertiary/aromatic N) is 2. The summed E-state index contributed by atoms with van der Waals surface area (Å²) < 4.78 is 1.57. The van der Waals surface area contributed by atoms with Gasteiger partial charge in [-0.3, -0.25) is 9.48 Å². The number of hydrogen-bond donors (Lipinski definition) is 2. The molecular weight excluding hydrogens is 218 g/mol. The standard InChI is InChI=1S/C12H13N3O2/c1-15-6-5-11(14-15)12(17)13-10-4-2-3-9(7-10)8-16/h2-7,16H,8H2,1H3,(H,13,17). The van der Waals surface area contributed by atoms with Crippen molar-refractivity contribution in [2.75, 3.05) is 5.32 Å². The first-order valence-electron chi connectivity index (χ1n) is 5.20. The van der Waals surface area contributed by atoms with Gasteiger partial charge in [-0.15, -0.1) is 0 Å². The third kappa shape index (κ3) is 2.70. The van der Waals surface area contributed by atoms with Crippen molar-refractivity contribution in [3.63, 3.8) is 0 Å². The molecule has 5 nitrogen and oxygen atoms in total. The first kappa shape index (κ1) is 11.3. The van der Waals surface area contributed by atoms with Crippen LogP contribution < -0.4 is 5.32 Å². The van der Waals surface area contributed by atoms with Crippen molar-refractivity contribution in [3.8, 4) is 0 Å². The topological polar surface area (TPSA) is 67.2 Å². The summed E-state index contributed by atoms with van der Waals surface area (Å²) in [4.78, 5) is 11.8. The van der Waals surface area contributed by atoms with E-state index in [4.69, 9.17) is 5.11 Å². The summed E-state index contributed by atoms with van der Waals surface area (Å²) in [5, 5.41) is 15.7. The van der Waals surface area contributed by atoms with Crippen LogP contribution in [0.2, 0.25) is 0 Å². The van der Waals surface area contributed by atoms with Crippen LogP contribution in [0.25, 0.3) is 0 Å². The second kappa shape index (κ2) is 4.80. The van der Waals surface area contributed by atoms with E-state index in [9.17, 15) is 4.79 Å². The van der Waals surface area contributed by atoms with E-state index >= 15 is 0 Å². The Morgan fingerprint density at radius 3 is 2.94 bits per heavy atom. The molecule has 1 heterocycles. The van der Waals surface area contributed by atoms with Gasteiger partial charge in [0.25, 0.3) is 5.91 Å². The van der Waals surface area contributed by atoms with Crippen LogP contribution in [0.15, 0.2) is 36.5 Å². The van der Waals surface area contributed by atoms with Crippen molar-refractivity contribution in [1.82, 2.24) is 9.78 Å². The van der Waals surface area contributed by atoms with Crippen LogP contribution in [0.1, 0.15) is 16.1 Å². The molecular formula is C12H13N3O2. The highest BCUT2D eigenvalue weighted by Gasteiger charge is 2.08. The van der Waals surface area contributed by atoms with Crippen molar-refractivity contribution in [2.45, 2.75) is 6.61 Å². The van der Waals surface area contributed by atoms with Gasteiger partial charge in [-0.25, -0.2) is 0 Å². The fourth-order valence-corrected chi connectivity index (χ4v) is 1.48. The van der Waals surface area contributed by atoms with Gasteiger partial charge in [0.15, 0.2) is 5.69 Å². The molecule has 17 heavy (non-hydrogen) atoms. The molecule has 0 saturated heterocycles. The molecule has 0 atom stereocenters. The van der Waals surface area contributed by atoms with Crippen molar-refractivity contribution < 1.29 is 9.90 Å². The molecule has 0 spiro atoms. The van der Waals surface area contributed by atoms with E-state index in [0.29, 0.717) is 11.4 Å². The van der Waals surface area contributed by atoms with Crippen LogP contribution in [0.3, 0.4) is 0 Å². The van der Waals surface area contributed by atoms with E-state index in [-0.39, 0.29) is 12.5 Å². The van der Waals surface area contributed by atoms with Gasteiger partial charge >= 0.3 is 0 Å². The highest BCUT2D eigenvalue weighted by Crippen LogP contribution is 2.11. The van der Waals surface area contributed by atoms with Crippen molar-refractivity contribution in [2.24, 2.45) is 7.05 Å². The number of amides is 1. The summed E-state index contributed by atoms with van der Waals surface area (Å²) in [5.74, 6) is -0.263. The summed E-state index contributed by atoms with van der Waals surface area (Å²) in [6, 6.07) is 8.70. The highest BCUT2D eigenvalue weighted by atomic mass is 16.3. The lowest BCUT2D eigenvalue weighted by Gasteiger charge is -2.04. The van der Waals surface area contributed by atoms with Crippen molar-refractivity contribution in [3.05, 3.63) is 47.8 Å². The lowest BCUT2D eigenvalue weighted by Crippen LogP contribution is -2.13. The average Bonchev–Trinajstić information content (AvgIpc) is 2.76. The number of rotatable bonds is 3. The average molecular weight is 231 g/mol. The van der Waals surface area contributed by atoms with Gasteiger partial charge < -0.3 is 10.4 Å². The number of carbonyl (C=O) groups is 1. The quantitative estimate of drug-likeness (QED) is 0.833. The van der Waals surface area contributed by atoms with Gasteiger partial charge in [-0.2, -0.15) is 5.10 Å². The molecule has 0 fully saturated rings. The predicted octanol–water partition coefficient (Wildman–Crippen LogP) is 1.16. The number of hydrogen-bond acceptors (Lipinski definition) is 3. The van der Waals surface area contributed by atoms with E-state index in [1.165, 1.54) is 0 Å². The smallest absolute Gasteiger partial charge is 0.276 e. The molecule has 1 amide bonds. The van der Waals surface area contributed by atoms with E-state index in [2.05, 4.69) is 10.4 Å². The molecule has 0 aliphatic rings. The molecule has 0 aliphatic heterocycles. The number of aromatic nitrogens is 2. The molecule has 1 aromatic carbocycles. The molecule has 0 bridgehead atoms. The van der Waals surface area contributed by atoms with Crippen LogP contribution in [0, 0.1) is 0 Å². The number of aryl methyl sites for hydroxylation is 1. The monoisotopic (exact) mass is 231 g/mol. The van der Waals surface area contributed by atoms with Gasteiger partial charge in [-0.1, -0.05) is 12.1 Å². The minimum atomic E-state index is -0.263. The number of aliphatic hydroxyl groups is 1. The second-order valence-corrected chi connectivity index (χ2v) is 3.69. The molecule has 2 aromatic rings. The Kier molecular flexibility index (Phi) is 3.20. The molecule has 5 heteroatoms. The molecule has 0 radical (unpaired) electrons. The summed E-state index contributed by atoms with van der Waals surface area (Å²) in [6.45, 7) is -0.0483. The molecule has 88 valence electrons. The number of carbonyl (C=O) groups excluding carboxylic acids is 1. The molecule has 1 aromatic heterocycles. The number of nitrogens with one attached hydrogen (secondary N) is 1. The minimum absolute atomic E-state index is 0.0483.